The minimum absolute atomic E-state index is 0.833. The topological polar surface area (TPSA) is 15.6 Å². The molecule has 0 N–H and O–H groups in total. The number of rotatable bonds is 3. The highest BCUT2D eigenvalue weighted by Gasteiger charge is 2.26. The van der Waals surface area contributed by atoms with Crippen molar-refractivity contribution in [2.24, 2.45) is 10.9 Å². The van der Waals surface area contributed by atoms with Gasteiger partial charge < -0.3 is 4.90 Å². The molecule has 0 amide bonds. The number of fused-ring (bicyclic) bond motifs is 1. The second-order valence-electron chi connectivity index (χ2n) is 10.2. The number of hydrogen-bond donors (Lipinski definition) is 0. The van der Waals surface area contributed by atoms with Gasteiger partial charge in [0.05, 0.1) is 5.70 Å². The van der Waals surface area contributed by atoms with Gasteiger partial charge in [-0.25, -0.2) is 0 Å². The van der Waals surface area contributed by atoms with Gasteiger partial charge in [-0.1, -0.05) is 101 Å². The zero-order valence-corrected chi connectivity index (χ0v) is 25.9. The Kier molecular flexibility index (Phi) is 16.6. The molecular formula is C35H51ClN2. The van der Waals surface area contributed by atoms with Crippen molar-refractivity contribution < 1.29 is 0 Å². The predicted octanol–water partition coefficient (Wildman–Crippen LogP) is 10.4. The van der Waals surface area contributed by atoms with Gasteiger partial charge >= 0.3 is 0 Å². The fourth-order valence-electron chi connectivity index (χ4n) is 4.44. The number of benzene rings is 1. The number of hydrogen-bond acceptors (Lipinski definition) is 2. The van der Waals surface area contributed by atoms with E-state index in [-0.39, 0.29) is 0 Å². The van der Waals surface area contributed by atoms with Crippen molar-refractivity contribution in [2.75, 3.05) is 20.1 Å². The number of piperidine rings is 1. The maximum atomic E-state index is 6.27. The van der Waals surface area contributed by atoms with Crippen LogP contribution in [0.3, 0.4) is 0 Å². The highest BCUT2D eigenvalue weighted by Crippen LogP contribution is 2.42. The summed E-state index contributed by atoms with van der Waals surface area (Å²) in [7, 11) is 2.21. The van der Waals surface area contributed by atoms with Crippen LogP contribution in [0.4, 0.5) is 0 Å². The normalized spacial score (nSPS) is 16.6. The first-order valence-corrected chi connectivity index (χ1v) is 14.7. The molecule has 0 atom stereocenters. The van der Waals surface area contributed by atoms with Gasteiger partial charge in [-0.3, -0.25) is 4.99 Å². The minimum Gasteiger partial charge on any atom is -0.306 e. The third-order valence-corrected chi connectivity index (χ3v) is 6.53. The van der Waals surface area contributed by atoms with Crippen LogP contribution in [0.15, 0.2) is 89.1 Å². The monoisotopic (exact) mass is 534 g/mol. The van der Waals surface area contributed by atoms with Gasteiger partial charge in [0, 0.05) is 29.9 Å². The van der Waals surface area contributed by atoms with Gasteiger partial charge in [-0.15, -0.1) is 0 Å². The number of halogens is 1. The molecule has 1 fully saturated rings. The van der Waals surface area contributed by atoms with Crippen LogP contribution in [0.2, 0.25) is 5.02 Å². The average molecular weight is 535 g/mol. The smallest absolute Gasteiger partial charge is 0.0695 e. The van der Waals surface area contributed by atoms with Gasteiger partial charge in [0.15, 0.2) is 0 Å². The molecule has 0 radical (unpaired) electrons. The van der Waals surface area contributed by atoms with Crippen LogP contribution in [-0.4, -0.2) is 31.3 Å². The maximum Gasteiger partial charge on any atom is 0.0695 e. The fraction of sp³-hybridized carbons (Fsp3) is 0.457. The van der Waals surface area contributed by atoms with E-state index in [1.165, 1.54) is 22.4 Å². The van der Waals surface area contributed by atoms with Gasteiger partial charge in [0.25, 0.3) is 0 Å². The molecule has 3 aliphatic rings. The summed E-state index contributed by atoms with van der Waals surface area (Å²) in [6.45, 7) is 22.0. The zero-order chi connectivity index (χ0) is 28.5. The molecule has 1 aromatic rings. The van der Waals surface area contributed by atoms with Crippen LogP contribution in [0, 0.1) is 5.92 Å². The molecule has 0 spiro atoms. The number of likely N-dealkylation sites (tertiary alicyclic amines) is 1. The molecule has 0 aromatic heterocycles. The van der Waals surface area contributed by atoms with Crippen LogP contribution in [0.1, 0.15) is 84.8 Å². The van der Waals surface area contributed by atoms with E-state index >= 15 is 0 Å². The Morgan fingerprint density at radius 3 is 2.18 bits per heavy atom. The lowest BCUT2D eigenvalue weighted by Gasteiger charge is -2.28. The summed E-state index contributed by atoms with van der Waals surface area (Å²) in [5, 5.41) is 0.847. The second kappa shape index (κ2) is 18.8. The van der Waals surface area contributed by atoms with Crippen molar-refractivity contribution in [3.63, 3.8) is 0 Å². The predicted molar refractivity (Wildman–Crippen MR) is 173 cm³/mol. The molecule has 1 aromatic carbocycles. The van der Waals surface area contributed by atoms with Crippen molar-refractivity contribution in [3.8, 4) is 0 Å². The summed E-state index contributed by atoms with van der Waals surface area (Å²) < 4.78 is 0. The van der Waals surface area contributed by atoms with E-state index in [4.69, 9.17) is 16.6 Å². The lowest BCUT2D eigenvalue weighted by Crippen LogP contribution is -2.27. The van der Waals surface area contributed by atoms with Crippen molar-refractivity contribution in [2.45, 2.75) is 80.1 Å². The van der Waals surface area contributed by atoms with Crippen LogP contribution >= 0.6 is 11.6 Å². The third kappa shape index (κ3) is 11.1. The minimum atomic E-state index is 0.833. The van der Waals surface area contributed by atoms with Crippen molar-refractivity contribution in [3.05, 3.63) is 100 Å². The summed E-state index contributed by atoms with van der Waals surface area (Å²) >= 11 is 6.27. The fourth-order valence-corrected chi connectivity index (χ4v) is 4.63. The van der Waals surface area contributed by atoms with E-state index < -0.39 is 0 Å². The van der Waals surface area contributed by atoms with Crippen LogP contribution < -0.4 is 0 Å². The second-order valence-corrected chi connectivity index (χ2v) is 10.7. The van der Waals surface area contributed by atoms with E-state index in [0.717, 1.165) is 68.1 Å². The summed E-state index contributed by atoms with van der Waals surface area (Å²) in [6, 6.07) is 6.42. The van der Waals surface area contributed by atoms with Crippen LogP contribution in [-0.2, 0) is 6.42 Å². The van der Waals surface area contributed by atoms with Crippen LogP contribution in [0.25, 0.3) is 5.57 Å². The summed E-state index contributed by atoms with van der Waals surface area (Å²) in [5.74, 6) is 0.833. The van der Waals surface area contributed by atoms with E-state index in [1.807, 2.05) is 45.1 Å². The lowest BCUT2D eigenvalue weighted by molar-refractivity contribution is 0.313. The molecule has 2 aliphatic heterocycles. The molecule has 208 valence electrons. The molecule has 3 heteroatoms. The largest absolute Gasteiger partial charge is 0.306 e. The van der Waals surface area contributed by atoms with E-state index in [1.54, 1.807) is 23.3 Å². The molecule has 38 heavy (non-hydrogen) atoms. The van der Waals surface area contributed by atoms with Crippen molar-refractivity contribution >= 4 is 23.4 Å². The first-order chi connectivity index (χ1) is 18.3. The number of allylic oxidation sites excluding steroid dienone is 8. The zero-order valence-electron chi connectivity index (χ0n) is 25.1. The Labute approximate surface area is 239 Å². The first kappa shape index (κ1) is 33.6. The number of nitrogens with zero attached hydrogens (tertiary/aromatic N) is 2. The number of aryl methyl sites for hydroxylation is 1. The Morgan fingerprint density at radius 1 is 0.974 bits per heavy atom. The van der Waals surface area contributed by atoms with Gasteiger partial charge in [-0.05, 0) is 92.8 Å². The first-order valence-electron chi connectivity index (χ1n) is 14.3. The summed E-state index contributed by atoms with van der Waals surface area (Å²) in [5.41, 5.74) is 9.64. The molecule has 0 saturated carbocycles. The molecular weight excluding hydrogens is 484 g/mol. The molecule has 4 rings (SSSR count). The molecule has 2 heterocycles. The Bertz CT molecular complexity index is 1030. The molecule has 2 nitrogen and oxygen atoms in total. The quantitative estimate of drug-likeness (QED) is 0.352. The van der Waals surface area contributed by atoms with Gasteiger partial charge in [0.2, 0.25) is 0 Å². The molecule has 0 unspecified atom stereocenters. The average Bonchev–Trinajstić information content (AvgIpc) is 3.08. The molecule has 0 bridgehead atoms. The van der Waals surface area contributed by atoms with Crippen LogP contribution in [0.5, 0.6) is 0 Å². The Balaban J connectivity index is 0.000000404. The Morgan fingerprint density at radius 2 is 1.61 bits per heavy atom. The SMILES string of the molecule is C=CC(C=C)=C/C=C\C.CC.CC(C)C.CN1CCC(=C2C3=C(CCC=N3)CCc3cc(Cl)ccc32)CC1. The third-order valence-electron chi connectivity index (χ3n) is 6.30. The van der Waals surface area contributed by atoms with E-state index in [0.29, 0.717) is 0 Å². The van der Waals surface area contributed by atoms with Gasteiger partial charge in [0.1, 0.15) is 0 Å². The molecule has 1 saturated heterocycles. The van der Waals surface area contributed by atoms with Crippen molar-refractivity contribution in [1.82, 2.24) is 4.90 Å². The summed E-state index contributed by atoms with van der Waals surface area (Å²) in [4.78, 5) is 7.28. The maximum absolute atomic E-state index is 6.27. The summed E-state index contributed by atoms with van der Waals surface area (Å²) in [6.07, 6.45) is 18.3. The standard InChI is InChI=1S/C20H23ClN2.C9H12.C4H10.C2H6/c1-23-11-8-14(9-12-23)19-18-7-6-17(21)13-16(18)5-4-15-3-2-10-22-20(15)19;1-4-7-8-9(5-2)6-3;1-4(2)3;1-2/h6-7,10,13H,2-5,8-9,11-12H2,1H3;4-8H,2-3H2,1H3;4H,1-3H3;1-2H3/b;7-4-;;. The highest BCUT2D eigenvalue weighted by molar-refractivity contribution is 6.30. The van der Waals surface area contributed by atoms with Crippen molar-refractivity contribution in [1.29, 1.82) is 0 Å². The van der Waals surface area contributed by atoms with E-state index in [9.17, 15) is 0 Å². The number of aliphatic imine (C=N–C) groups is 1. The molecule has 1 aliphatic carbocycles. The lowest BCUT2D eigenvalue weighted by atomic mass is 9.88. The Hall–Kier alpha value is -2.42. The van der Waals surface area contributed by atoms with E-state index in [2.05, 4.69) is 64.2 Å². The van der Waals surface area contributed by atoms with Gasteiger partial charge in [-0.2, -0.15) is 0 Å². The highest BCUT2D eigenvalue weighted by atomic mass is 35.5.